The van der Waals surface area contributed by atoms with Crippen molar-refractivity contribution in [1.82, 2.24) is 4.72 Å². The number of hydrogen-bond donors (Lipinski definition) is 2. The zero-order valence-corrected chi connectivity index (χ0v) is 11.3. The van der Waals surface area contributed by atoms with Crippen molar-refractivity contribution in [3.8, 4) is 0 Å². The fourth-order valence-corrected chi connectivity index (χ4v) is 3.84. The van der Waals surface area contributed by atoms with Crippen LogP contribution < -0.4 is 4.72 Å². The molecule has 1 aromatic carbocycles. The Morgan fingerprint density at radius 1 is 1.26 bits per heavy atom. The normalized spacial score (nSPS) is 23.4. The van der Waals surface area contributed by atoms with Gasteiger partial charge in [0.25, 0.3) is 0 Å². The molecule has 5 nitrogen and oxygen atoms in total. The van der Waals surface area contributed by atoms with Gasteiger partial charge in [-0.25, -0.2) is 13.1 Å². The molecule has 104 valence electrons. The Bertz CT molecular complexity index is 541. The molecule has 2 atom stereocenters. The van der Waals surface area contributed by atoms with Crippen LogP contribution in [0.25, 0.3) is 0 Å². The van der Waals surface area contributed by atoms with Crippen LogP contribution in [-0.2, 0) is 20.6 Å². The van der Waals surface area contributed by atoms with Crippen molar-refractivity contribution in [2.24, 2.45) is 5.92 Å². The number of hydrogen-bond acceptors (Lipinski definition) is 3. The van der Waals surface area contributed by atoms with Gasteiger partial charge in [-0.2, -0.15) is 0 Å². The second-order valence-corrected chi connectivity index (χ2v) is 6.66. The van der Waals surface area contributed by atoms with Gasteiger partial charge in [0.15, 0.2) is 0 Å². The lowest BCUT2D eigenvalue weighted by Crippen LogP contribution is -2.34. The molecule has 0 heterocycles. The Morgan fingerprint density at radius 3 is 2.53 bits per heavy atom. The molecule has 0 aromatic heterocycles. The van der Waals surface area contributed by atoms with Gasteiger partial charge in [-0.3, -0.25) is 4.79 Å². The van der Waals surface area contributed by atoms with Crippen molar-refractivity contribution >= 4 is 16.0 Å². The van der Waals surface area contributed by atoms with Gasteiger partial charge < -0.3 is 5.11 Å². The summed E-state index contributed by atoms with van der Waals surface area (Å²) in [5.41, 5.74) is 0.725. The highest BCUT2D eigenvalue weighted by Crippen LogP contribution is 2.26. The molecular formula is C13H17NO4S. The van der Waals surface area contributed by atoms with E-state index in [0.717, 1.165) is 5.56 Å². The van der Waals surface area contributed by atoms with E-state index in [2.05, 4.69) is 4.72 Å². The summed E-state index contributed by atoms with van der Waals surface area (Å²) in [6, 6.07) is 8.68. The molecule has 6 heteroatoms. The summed E-state index contributed by atoms with van der Waals surface area (Å²) in [6.45, 7) is 0. The Morgan fingerprint density at radius 2 is 1.95 bits per heavy atom. The SMILES string of the molecule is O=C(O)C1CCC(NS(=O)(=O)Cc2ccccc2)C1. The summed E-state index contributed by atoms with van der Waals surface area (Å²) in [5.74, 6) is -1.34. The number of carboxylic acid groups (broad SMARTS) is 1. The van der Waals surface area contributed by atoms with Crippen LogP contribution in [0.3, 0.4) is 0 Å². The largest absolute Gasteiger partial charge is 0.481 e. The second kappa shape index (κ2) is 5.71. The van der Waals surface area contributed by atoms with Gasteiger partial charge in [0.05, 0.1) is 11.7 Å². The van der Waals surface area contributed by atoms with Crippen molar-refractivity contribution < 1.29 is 18.3 Å². The molecule has 1 aromatic rings. The number of nitrogens with one attached hydrogen (secondary N) is 1. The maximum absolute atomic E-state index is 12.0. The minimum atomic E-state index is -3.41. The first-order chi connectivity index (χ1) is 8.96. The number of carbonyl (C=O) groups is 1. The zero-order valence-electron chi connectivity index (χ0n) is 10.5. The lowest BCUT2D eigenvalue weighted by Gasteiger charge is -2.12. The molecule has 1 fully saturated rings. The first kappa shape index (κ1) is 14.0. The highest BCUT2D eigenvalue weighted by Gasteiger charge is 2.31. The van der Waals surface area contributed by atoms with Gasteiger partial charge in [0.1, 0.15) is 0 Å². The average molecular weight is 283 g/mol. The van der Waals surface area contributed by atoms with Gasteiger partial charge >= 0.3 is 5.97 Å². The molecule has 1 saturated carbocycles. The molecule has 2 unspecified atom stereocenters. The van der Waals surface area contributed by atoms with E-state index in [0.29, 0.717) is 19.3 Å². The van der Waals surface area contributed by atoms with E-state index in [4.69, 9.17) is 5.11 Å². The second-order valence-electron chi connectivity index (χ2n) is 4.91. The molecule has 0 spiro atoms. The van der Waals surface area contributed by atoms with E-state index >= 15 is 0 Å². The van der Waals surface area contributed by atoms with Crippen LogP contribution in [0.15, 0.2) is 30.3 Å². The van der Waals surface area contributed by atoms with E-state index in [9.17, 15) is 13.2 Å². The molecular weight excluding hydrogens is 266 g/mol. The predicted molar refractivity (Wildman–Crippen MR) is 71.0 cm³/mol. The number of carboxylic acids is 1. The Hall–Kier alpha value is -1.40. The monoisotopic (exact) mass is 283 g/mol. The fraction of sp³-hybridized carbons (Fsp3) is 0.462. The van der Waals surface area contributed by atoms with Crippen molar-refractivity contribution in [3.63, 3.8) is 0 Å². The molecule has 0 saturated heterocycles. The lowest BCUT2D eigenvalue weighted by atomic mass is 10.1. The van der Waals surface area contributed by atoms with Crippen molar-refractivity contribution in [3.05, 3.63) is 35.9 Å². The van der Waals surface area contributed by atoms with Gasteiger partial charge in [-0.15, -0.1) is 0 Å². The number of sulfonamides is 1. The van der Waals surface area contributed by atoms with Crippen LogP contribution >= 0.6 is 0 Å². The summed E-state index contributed by atoms with van der Waals surface area (Å²) < 4.78 is 26.5. The van der Waals surface area contributed by atoms with Gasteiger partial charge in [-0.1, -0.05) is 30.3 Å². The molecule has 1 aliphatic carbocycles. The van der Waals surface area contributed by atoms with Crippen LogP contribution in [0.2, 0.25) is 0 Å². The number of benzene rings is 1. The summed E-state index contributed by atoms with van der Waals surface area (Å²) in [5, 5.41) is 8.89. The quantitative estimate of drug-likeness (QED) is 0.854. The molecule has 2 N–H and O–H groups in total. The Kier molecular flexibility index (Phi) is 4.21. The molecule has 19 heavy (non-hydrogen) atoms. The first-order valence-electron chi connectivity index (χ1n) is 6.23. The van der Waals surface area contributed by atoms with Gasteiger partial charge in [0.2, 0.25) is 10.0 Å². The van der Waals surface area contributed by atoms with Crippen molar-refractivity contribution in [1.29, 1.82) is 0 Å². The van der Waals surface area contributed by atoms with E-state index in [1.54, 1.807) is 24.3 Å². The third-order valence-corrected chi connectivity index (χ3v) is 4.73. The maximum Gasteiger partial charge on any atom is 0.306 e. The lowest BCUT2D eigenvalue weighted by molar-refractivity contribution is -0.141. The smallest absolute Gasteiger partial charge is 0.306 e. The molecule has 0 aliphatic heterocycles. The topological polar surface area (TPSA) is 83.5 Å². The Labute approximate surface area is 112 Å². The van der Waals surface area contributed by atoms with E-state index < -0.39 is 21.9 Å². The molecule has 0 radical (unpaired) electrons. The number of rotatable bonds is 5. The standard InChI is InChI=1S/C13H17NO4S/c15-13(16)11-6-7-12(8-11)14-19(17,18)9-10-4-2-1-3-5-10/h1-5,11-12,14H,6-9H2,(H,15,16). The fourth-order valence-electron chi connectivity index (χ4n) is 2.40. The van der Waals surface area contributed by atoms with Crippen LogP contribution in [0, 0.1) is 5.92 Å². The minimum Gasteiger partial charge on any atom is -0.481 e. The van der Waals surface area contributed by atoms with Crippen LogP contribution in [-0.4, -0.2) is 25.5 Å². The molecule has 1 aliphatic rings. The van der Waals surface area contributed by atoms with E-state index in [-0.39, 0.29) is 11.8 Å². The zero-order chi connectivity index (χ0) is 13.9. The van der Waals surface area contributed by atoms with Crippen molar-refractivity contribution in [2.75, 3.05) is 0 Å². The molecule has 2 rings (SSSR count). The van der Waals surface area contributed by atoms with Crippen LogP contribution in [0.5, 0.6) is 0 Å². The minimum absolute atomic E-state index is 0.0674. The third-order valence-electron chi connectivity index (χ3n) is 3.33. The van der Waals surface area contributed by atoms with Gasteiger partial charge in [-0.05, 0) is 24.8 Å². The summed E-state index contributed by atoms with van der Waals surface area (Å²) >= 11 is 0. The first-order valence-corrected chi connectivity index (χ1v) is 7.88. The predicted octanol–water partition coefficient (Wildman–Crippen LogP) is 1.36. The summed E-state index contributed by atoms with van der Waals surface area (Å²) in [7, 11) is -3.41. The van der Waals surface area contributed by atoms with Crippen LogP contribution in [0.1, 0.15) is 24.8 Å². The summed E-state index contributed by atoms with van der Waals surface area (Å²) in [6.07, 6.45) is 1.50. The highest BCUT2D eigenvalue weighted by atomic mass is 32.2. The molecule has 0 amide bonds. The number of aliphatic carboxylic acids is 1. The summed E-state index contributed by atoms with van der Waals surface area (Å²) in [4.78, 5) is 10.8. The van der Waals surface area contributed by atoms with E-state index in [1.807, 2.05) is 6.07 Å². The Balaban J connectivity index is 1.94. The molecule has 0 bridgehead atoms. The van der Waals surface area contributed by atoms with Crippen LogP contribution in [0.4, 0.5) is 0 Å². The van der Waals surface area contributed by atoms with E-state index in [1.165, 1.54) is 0 Å². The third kappa shape index (κ3) is 4.04. The van der Waals surface area contributed by atoms with Crippen molar-refractivity contribution in [2.45, 2.75) is 31.1 Å². The average Bonchev–Trinajstić information content (AvgIpc) is 2.77. The maximum atomic E-state index is 12.0. The highest BCUT2D eigenvalue weighted by molar-refractivity contribution is 7.88. The van der Waals surface area contributed by atoms with Gasteiger partial charge in [0, 0.05) is 6.04 Å².